The van der Waals surface area contributed by atoms with Crippen molar-refractivity contribution in [2.45, 2.75) is 25.8 Å². The van der Waals surface area contributed by atoms with Crippen molar-refractivity contribution in [2.75, 3.05) is 5.88 Å². The fourth-order valence-electron chi connectivity index (χ4n) is 1.46. The summed E-state index contributed by atoms with van der Waals surface area (Å²) in [7, 11) is 0. The zero-order valence-electron chi connectivity index (χ0n) is 9.47. The monoisotopic (exact) mass is 261 g/mol. The molecule has 1 amide bonds. The predicted molar refractivity (Wildman–Crippen MR) is 63.2 cm³/mol. The van der Waals surface area contributed by atoms with E-state index in [0.29, 0.717) is 12.3 Å². The molecule has 0 bridgehead atoms. The standard InChI is InChI=1S/C12H14ClF2NO/c1-2-11(3-4-13)16-12(17)8-5-9(14)7-10(15)6-8/h5-7,11H,2-4H2,1H3,(H,16,17). The Balaban J connectivity index is 2.75. The molecule has 0 spiro atoms. The van der Waals surface area contributed by atoms with Crippen LogP contribution >= 0.6 is 11.6 Å². The molecule has 0 aliphatic rings. The smallest absolute Gasteiger partial charge is 0.251 e. The predicted octanol–water partition coefficient (Wildman–Crippen LogP) is 3.10. The molecule has 5 heteroatoms. The molecule has 0 saturated heterocycles. The van der Waals surface area contributed by atoms with E-state index in [2.05, 4.69) is 5.32 Å². The molecular formula is C12H14ClF2NO. The molecule has 0 saturated carbocycles. The summed E-state index contributed by atoms with van der Waals surface area (Å²) in [5.74, 6) is -1.59. The van der Waals surface area contributed by atoms with E-state index in [1.54, 1.807) is 0 Å². The number of halogens is 3. The molecule has 1 atom stereocenters. The molecule has 1 aromatic rings. The fraction of sp³-hybridized carbons (Fsp3) is 0.417. The third-order valence-corrected chi connectivity index (χ3v) is 2.63. The Hall–Kier alpha value is -1.16. The van der Waals surface area contributed by atoms with E-state index in [4.69, 9.17) is 11.6 Å². The molecule has 94 valence electrons. The number of hydrogen-bond donors (Lipinski definition) is 1. The lowest BCUT2D eigenvalue weighted by atomic mass is 10.1. The normalized spacial score (nSPS) is 12.2. The lowest BCUT2D eigenvalue weighted by Gasteiger charge is -2.15. The summed E-state index contributed by atoms with van der Waals surface area (Å²) in [6.07, 6.45) is 1.35. The van der Waals surface area contributed by atoms with Gasteiger partial charge in [-0.1, -0.05) is 6.92 Å². The van der Waals surface area contributed by atoms with Gasteiger partial charge in [-0.25, -0.2) is 8.78 Å². The van der Waals surface area contributed by atoms with Crippen molar-refractivity contribution in [3.8, 4) is 0 Å². The highest BCUT2D eigenvalue weighted by atomic mass is 35.5. The van der Waals surface area contributed by atoms with Gasteiger partial charge in [0.15, 0.2) is 0 Å². The van der Waals surface area contributed by atoms with Gasteiger partial charge in [-0.05, 0) is 25.0 Å². The molecule has 0 aliphatic carbocycles. The minimum absolute atomic E-state index is 0.0180. The maximum atomic E-state index is 12.9. The first-order valence-electron chi connectivity index (χ1n) is 5.39. The highest BCUT2D eigenvalue weighted by molar-refractivity contribution is 6.17. The Labute approximate surface area is 104 Å². The van der Waals surface area contributed by atoms with Gasteiger partial charge in [0.25, 0.3) is 5.91 Å². The summed E-state index contributed by atoms with van der Waals surface area (Å²) >= 11 is 5.58. The van der Waals surface area contributed by atoms with Crippen molar-refractivity contribution in [2.24, 2.45) is 0 Å². The second-order valence-corrected chi connectivity index (χ2v) is 4.09. The van der Waals surface area contributed by atoms with Crippen LogP contribution < -0.4 is 5.32 Å². The molecule has 1 unspecified atom stereocenters. The van der Waals surface area contributed by atoms with Gasteiger partial charge in [-0.3, -0.25) is 4.79 Å². The van der Waals surface area contributed by atoms with Gasteiger partial charge in [0.2, 0.25) is 0 Å². The van der Waals surface area contributed by atoms with Crippen molar-refractivity contribution in [1.29, 1.82) is 0 Å². The Kier molecular flexibility index (Phi) is 5.35. The number of nitrogens with one attached hydrogen (secondary N) is 1. The quantitative estimate of drug-likeness (QED) is 0.811. The maximum Gasteiger partial charge on any atom is 0.251 e. The largest absolute Gasteiger partial charge is 0.349 e. The highest BCUT2D eigenvalue weighted by Crippen LogP contribution is 2.09. The number of carbonyl (C=O) groups is 1. The van der Waals surface area contributed by atoms with Crippen LogP contribution in [0, 0.1) is 11.6 Å². The zero-order chi connectivity index (χ0) is 12.8. The van der Waals surface area contributed by atoms with Gasteiger partial charge in [-0.15, -0.1) is 11.6 Å². The fourth-order valence-corrected chi connectivity index (χ4v) is 1.73. The minimum Gasteiger partial charge on any atom is -0.349 e. The lowest BCUT2D eigenvalue weighted by Crippen LogP contribution is -2.34. The van der Waals surface area contributed by atoms with Crippen LogP contribution in [0.2, 0.25) is 0 Å². The molecule has 1 N–H and O–H groups in total. The Morgan fingerprint density at radius 3 is 2.41 bits per heavy atom. The third-order valence-electron chi connectivity index (χ3n) is 2.41. The maximum absolute atomic E-state index is 12.9. The zero-order valence-corrected chi connectivity index (χ0v) is 10.2. The van der Waals surface area contributed by atoms with Crippen molar-refractivity contribution in [1.82, 2.24) is 5.32 Å². The van der Waals surface area contributed by atoms with Crippen molar-refractivity contribution >= 4 is 17.5 Å². The number of rotatable bonds is 5. The van der Waals surface area contributed by atoms with Crippen LogP contribution in [0.3, 0.4) is 0 Å². The summed E-state index contributed by atoms with van der Waals surface area (Å²) in [5.41, 5.74) is -0.0180. The molecule has 0 aromatic heterocycles. The number of amides is 1. The summed E-state index contributed by atoms with van der Waals surface area (Å²) in [6.45, 7) is 1.91. The van der Waals surface area contributed by atoms with E-state index in [9.17, 15) is 13.6 Å². The molecule has 0 fully saturated rings. The van der Waals surface area contributed by atoms with Crippen LogP contribution in [-0.4, -0.2) is 17.8 Å². The van der Waals surface area contributed by atoms with Gasteiger partial charge in [-0.2, -0.15) is 0 Å². The Bertz CT molecular complexity index is 378. The average molecular weight is 262 g/mol. The number of benzene rings is 1. The summed E-state index contributed by atoms with van der Waals surface area (Å²) in [5, 5.41) is 2.68. The number of hydrogen-bond acceptors (Lipinski definition) is 1. The van der Waals surface area contributed by atoms with Gasteiger partial charge in [0.1, 0.15) is 11.6 Å². The number of carbonyl (C=O) groups excluding carboxylic acids is 1. The number of alkyl halides is 1. The summed E-state index contributed by atoms with van der Waals surface area (Å²) in [6, 6.07) is 2.66. The van der Waals surface area contributed by atoms with Gasteiger partial charge in [0, 0.05) is 23.6 Å². The van der Waals surface area contributed by atoms with Crippen molar-refractivity contribution < 1.29 is 13.6 Å². The van der Waals surface area contributed by atoms with Crippen LogP contribution in [0.5, 0.6) is 0 Å². The molecule has 1 aromatic carbocycles. The Morgan fingerprint density at radius 1 is 1.35 bits per heavy atom. The van der Waals surface area contributed by atoms with Gasteiger partial charge < -0.3 is 5.32 Å². The first kappa shape index (κ1) is 13.9. The van der Waals surface area contributed by atoms with Gasteiger partial charge >= 0.3 is 0 Å². The summed E-state index contributed by atoms with van der Waals surface area (Å²) in [4.78, 5) is 11.7. The average Bonchev–Trinajstić information content (AvgIpc) is 2.27. The minimum atomic E-state index is -0.763. The van der Waals surface area contributed by atoms with Crippen LogP contribution in [0.4, 0.5) is 8.78 Å². The summed E-state index contributed by atoms with van der Waals surface area (Å²) < 4.78 is 25.8. The molecule has 0 radical (unpaired) electrons. The molecule has 0 heterocycles. The van der Waals surface area contributed by atoms with Crippen molar-refractivity contribution in [3.05, 3.63) is 35.4 Å². The van der Waals surface area contributed by atoms with E-state index < -0.39 is 17.5 Å². The van der Waals surface area contributed by atoms with Gasteiger partial charge in [0.05, 0.1) is 0 Å². The second-order valence-electron chi connectivity index (χ2n) is 3.71. The molecule has 1 rings (SSSR count). The topological polar surface area (TPSA) is 29.1 Å². The molecule has 2 nitrogen and oxygen atoms in total. The van der Waals surface area contributed by atoms with E-state index in [1.807, 2.05) is 6.92 Å². The molecule has 17 heavy (non-hydrogen) atoms. The lowest BCUT2D eigenvalue weighted by molar-refractivity contribution is 0.0934. The second kappa shape index (κ2) is 6.55. The van der Waals surface area contributed by atoms with Crippen molar-refractivity contribution in [3.63, 3.8) is 0 Å². The third kappa shape index (κ3) is 4.30. The van der Waals surface area contributed by atoms with E-state index in [1.165, 1.54) is 0 Å². The van der Waals surface area contributed by atoms with E-state index in [-0.39, 0.29) is 11.6 Å². The van der Waals surface area contributed by atoms with E-state index in [0.717, 1.165) is 24.6 Å². The van der Waals surface area contributed by atoms with Crippen LogP contribution in [0.25, 0.3) is 0 Å². The van der Waals surface area contributed by atoms with E-state index >= 15 is 0 Å². The SMILES string of the molecule is CCC(CCCl)NC(=O)c1cc(F)cc(F)c1. The highest BCUT2D eigenvalue weighted by Gasteiger charge is 2.13. The van der Waals surface area contributed by atoms with Crippen LogP contribution in [-0.2, 0) is 0 Å². The first-order valence-corrected chi connectivity index (χ1v) is 5.93. The Morgan fingerprint density at radius 2 is 1.94 bits per heavy atom. The van der Waals surface area contributed by atoms with Crippen LogP contribution in [0.1, 0.15) is 30.1 Å². The first-order chi connectivity index (χ1) is 8.06. The molecule has 0 aliphatic heterocycles. The molecular weight excluding hydrogens is 248 g/mol. The van der Waals surface area contributed by atoms with Crippen LogP contribution in [0.15, 0.2) is 18.2 Å².